The van der Waals surface area contributed by atoms with Crippen molar-refractivity contribution in [3.05, 3.63) is 23.2 Å². The summed E-state index contributed by atoms with van der Waals surface area (Å²) in [5, 5.41) is 20.8. The number of rotatable bonds is 8. The zero-order chi connectivity index (χ0) is 21.0. The van der Waals surface area contributed by atoms with Crippen LogP contribution in [0.1, 0.15) is 18.9 Å². The Balaban J connectivity index is 1.79. The normalized spacial score (nSPS) is 11.9. The van der Waals surface area contributed by atoms with Gasteiger partial charge in [0, 0.05) is 12.1 Å². The Hall–Kier alpha value is -2.66. The zero-order valence-corrected chi connectivity index (χ0v) is 18.4. The summed E-state index contributed by atoms with van der Waals surface area (Å²) in [4.78, 5) is 12.5. The molecule has 9 nitrogen and oxygen atoms in total. The Morgan fingerprint density at radius 3 is 2.59 bits per heavy atom. The topological polar surface area (TPSA) is 104 Å². The number of benzene rings is 1. The number of nitrogens with zero attached hydrogens (tertiary/aromatic N) is 5. The van der Waals surface area contributed by atoms with Gasteiger partial charge in [-0.05, 0) is 39.0 Å². The van der Waals surface area contributed by atoms with Gasteiger partial charge in [0.05, 0.1) is 19.5 Å². The molecule has 0 bridgehead atoms. The van der Waals surface area contributed by atoms with E-state index in [4.69, 9.17) is 9.47 Å². The molecule has 11 heteroatoms. The summed E-state index contributed by atoms with van der Waals surface area (Å²) in [6.45, 7) is 6.32. The van der Waals surface area contributed by atoms with E-state index in [1.807, 2.05) is 43.5 Å². The minimum atomic E-state index is -0.382. The molecular formula is C18H22N6O3S2. The maximum absolute atomic E-state index is 12.5. The lowest BCUT2D eigenvalue weighted by Crippen LogP contribution is -2.22. The number of aromatic nitrogens is 5. The van der Waals surface area contributed by atoms with Gasteiger partial charge in [0.1, 0.15) is 5.01 Å². The average Bonchev–Trinajstić information content (AvgIpc) is 3.32. The summed E-state index contributed by atoms with van der Waals surface area (Å²) in [6, 6.07) is 5.59. The first-order chi connectivity index (χ1) is 14.0. The summed E-state index contributed by atoms with van der Waals surface area (Å²) in [7, 11) is 3.18. The van der Waals surface area contributed by atoms with Gasteiger partial charge in [0.25, 0.3) is 0 Å². The highest BCUT2D eigenvalue weighted by atomic mass is 32.2. The number of thioether (sulfide) groups is 1. The quantitative estimate of drug-likeness (QED) is 0.539. The van der Waals surface area contributed by atoms with E-state index in [1.54, 1.807) is 14.2 Å². The van der Waals surface area contributed by atoms with Gasteiger partial charge in [0.15, 0.2) is 22.5 Å². The number of hydrogen-bond donors (Lipinski definition) is 1. The number of nitrogens with one attached hydrogen (secondary N) is 1. The van der Waals surface area contributed by atoms with Crippen molar-refractivity contribution in [3.63, 3.8) is 0 Å². The number of aryl methyl sites for hydroxylation is 1. The smallest absolute Gasteiger partial charge is 0.239 e. The third-order valence-corrected chi connectivity index (χ3v) is 5.92. The molecule has 3 aromatic rings. The molecule has 0 aliphatic carbocycles. The molecule has 1 atom stereocenters. The fourth-order valence-electron chi connectivity index (χ4n) is 2.62. The molecule has 0 aliphatic rings. The molecular weight excluding hydrogens is 412 g/mol. The summed E-state index contributed by atoms with van der Waals surface area (Å²) in [5.41, 5.74) is 0.852. The van der Waals surface area contributed by atoms with Gasteiger partial charge in [-0.1, -0.05) is 23.1 Å². The zero-order valence-electron chi connectivity index (χ0n) is 16.8. The van der Waals surface area contributed by atoms with Gasteiger partial charge in [-0.15, -0.1) is 20.4 Å². The van der Waals surface area contributed by atoms with Gasteiger partial charge in [-0.25, -0.2) is 0 Å². The molecule has 0 radical (unpaired) electrons. The minimum Gasteiger partial charge on any atom is -0.493 e. The van der Waals surface area contributed by atoms with Crippen LogP contribution in [0.3, 0.4) is 0 Å². The first-order valence-corrected chi connectivity index (χ1v) is 10.6. The lowest BCUT2D eigenvalue weighted by atomic mass is 10.2. The molecule has 2 aromatic heterocycles. The Labute approximate surface area is 176 Å². The van der Waals surface area contributed by atoms with Crippen LogP contribution >= 0.6 is 23.1 Å². The van der Waals surface area contributed by atoms with Crippen LogP contribution in [0.15, 0.2) is 23.4 Å². The largest absolute Gasteiger partial charge is 0.493 e. The first-order valence-electron chi connectivity index (χ1n) is 8.90. The SMILES string of the molecule is CCn1c(SC(C)C(=O)Nc2nnc(C)s2)nnc1-c1ccc(OC)c(OC)c1. The molecule has 0 aliphatic heterocycles. The van der Waals surface area contributed by atoms with Crippen LogP contribution in [-0.2, 0) is 11.3 Å². The van der Waals surface area contributed by atoms with Gasteiger partial charge in [-0.2, -0.15) is 0 Å². The molecule has 2 heterocycles. The maximum Gasteiger partial charge on any atom is 0.239 e. The summed E-state index contributed by atoms with van der Waals surface area (Å²) in [6.07, 6.45) is 0. The summed E-state index contributed by atoms with van der Waals surface area (Å²) >= 11 is 2.68. The minimum absolute atomic E-state index is 0.163. The van der Waals surface area contributed by atoms with Crippen molar-refractivity contribution >= 4 is 34.1 Å². The molecule has 3 rings (SSSR count). The van der Waals surface area contributed by atoms with Crippen LogP contribution in [0.5, 0.6) is 11.5 Å². The predicted molar refractivity (Wildman–Crippen MR) is 113 cm³/mol. The molecule has 29 heavy (non-hydrogen) atoms. The van der Waals surface area contributed by atoms with Crippen LogP contribution in [-0.4, -0.2) is 50.3 Å². The van der Waals surface area contributed by atoms with E-state index < -0.39 is 0 Å². The van der Waals surface area contributed by atoms with Gasteiger partial charge >= 0.3 is 0 Å². The highest BCUT2D eigenvalue weighted by Crippen LogP contribution is 2.33. The van der Waals surface area contributed by atoms with E-state index in [2.05, 4.69) is 25.7 Å². The number of carbonyl (C=O) groups is 1. The first kappa shape index (κ1) is 21.1. The Kier molecular flexibility index (Phi) is 6.70. The molecule has 1 aromatic carbocycles. The lowest BCUT2D eigenvalue weighted by molar-refractivity contribution is -0.115. The monoisotopic (exact) mass is 434 g/mol. The fourth-order valence-corrected chi connectivity index (χ4v) is 4.12. The third kappa shape index (κ3) is 4.67. The predicted octanol–water partition coefficient (Wildman–Crippen LogP) is 3.26. The van der Waals surface area contributed by atoms with Crippen LogP contribution < -0.4 is 14.8 Å². The van der Waals surface area contributed by atoms with E-state index in [1.165, 1.54) is 23.1 Å². The van der Waals surface area contributed by atoms with E-state index in [0.29, 0.717) is 34.2 Å². The van der Waals surface area contributed by atoms with Crippen LogP contribution in [0.2, 0.25) is 0 Å². The van der Waals surface area contributed by atoms with Gasteiger partial charge in [-0.3, -0.25) is 10.1 Å². The van der Waals surface area contributed by atoms with Gasteiger partial charge in [0.2, 0.25) is 11.0 Å². The average molecular weight is 435 g/mol. The van der Waals surface area contributed by atoms with Crippen LogP contribution in [0, 0.1) is 6.92 Å². The number of amides is 1. The number of anilines is 1. The van der Waals surface area contributed by atoms with E-state index >= 15 is 0 Å². The third-order valence-electron chi connectivity index (χ3n) is 4.08. The Bertz CT molecular complexity index is 1000. The highest BCUT2D eigenvalue weighted by molar-refractivity contribution is 8.00. The van der Waals surface area contributed by atoms with E-state index in [0.717, 1.165) is 10.6 Å². The molecule has 154 valence electrons. The Morgan fingerprint density at radius 1 is 1.21 bits per heavy atom. The van der Waals surface area contributed by atoms with Crippen molar-refractivity contribution in [2.75, 3.05) is 19.5 Å². The standard InChI is InChI=1S/C18H22N6O3S2/c1-6-24-15(12-7-8-13(26-4)14(9-12)27-5)21-23-18(24)28-10(2)16(25)19-17-22-20-11(3)29-17/h7-10H,6H2,1-5H3,(H,19,22,25). The molecule has 0 fully saturated rings. The van der Waals surface area contributed by atoms with Crippen molar-refractivity contribution in [1.29, 1.82) is 0 Å². The second-order valence-electron chi connectivity index (χ2n) is 6.00. The maximum atomic E-state index is 12.5. The second kappa shape index (κ2) is 9.23. The van der Waals surface area contributed by atoms with E-state index in [9.17, 15) is 4.79 Å². The van der Waals surface area contributed by atoms with Crippen molar-refractivity contribution in [3.8, 4) is 22.9 Å². The van der Waals surface area contributed by atoms with Crippen molar-refractivity contribution in [2.24, 2.45) is 0 Å². The highest BCUT2D eigenvalue weighted by Gasteiger charge is 2.21. The van der Waals surface area contributed by atoms with Crippen LogP contribution in [0.25, 0.3) is 11.4 Å². The second-order valence-corrected chi connectivity index (χ2v) is 8.49. The van der Waals surface area contributed by atoms with Gasteiger partial charge < -0.3 is 14.0 Å². The van der Waals surface area contributed by atoms with E-state index in [-0.39, 0.29) is 11.2 Å². The number of methoxy groups -OCH3 is 2. The summed E-state index contributed by atoms with van der Waals surface area (Å²) < 4.78 is 12.6. The Morgan fingerprint density at radius 2 is 1.97 bits per heavy atom. The molecule has 1 N–H and O–H groups in total. The molecule has 1 amide bonds. The molecule has 0 spiro atoms. The summed E-state index contributed by atoms with van der Waals surface area (Å²) in [5.74, 6) is 1.79. The fraction of sp³-hybridized carbons (Fsp3) is 0.389. The number of hydrogen-bond acceptors (Lipinski definition) is 9. The van der Waals surface area contributed by atoms with Crippen molar-refractivity contribution in [1.82, 2.24) is 25.0 Å². The van der Waals surface area contributed by atoms with Crippen LogP contribution in [0.4, 0.5) is 5.13 Å². The molecule has 1 unspecified atom stereocenters. The number of carbonyl (C=O) groups excluding carboxylic acids is 1. The molecule has 0 saturated heterocycles. The van der Waals surface area contributed by atoms with Crippen molar-refractivity contribution in [2.45, 2.75) is 37.7 Å². The number of ether oxygens (including phenoxy) is 2. The lowest BCUT2D eigenvalue weighted by Gasteiger charge is -2.12. The molecule has 0 saturated carbocycles. The van der Waals surface area contributed by atoms with Crippen molar-refractivity contribution < 1.29 is 14.3 Å².